The molecule has 0 radical (unpaired) electrons. The first-order valence-corrected chi connectivity index (χ1v) is 4.89. The maximum atomic E-state index is 11.6. The summed E-state index contributed by atoms with van der Waals surface area (Å²) in [6.07, 6.45) is 0.764. The molecule has 0 heterocycles. The number of hydrogen-bond acceptors (Lipinski definition) is 1. The Morgan fingerprint density at radius 2 is 1.75 bits per heavy atom. The monoisotopic (exact) mass is 168 g/mol. The first-order valence-electron chi connectivity index (χ1n) is 4.89. The zero-order valence-electron chi connectivity index (χ0n) is 8.85. The van der Waals surface area contributed by atoms with E-state index in [9.17, 15) is 4.79 Å². The van der Waals surface area contributed by atoms with Gasteiger partial charge in [0, 0.05) is 12.3 Å². The molecular formula is C11H20O. The van der Waals surface area contributed by atoms with Gasteiger partial charge in [0.05, 0.1) is 0 Å². The third-order valence-corrected chi connectivity index (χ3v) is 3.95. The number of Topliss-reactive ketones (excluding diaryl/α,β-unsaturated/α-hetero) is 1. The fraction of sp³-hybridized carbons (Fsp3) is 0.909. The summed E-state index contributed by atoms with van der Waals surface area (Å²) in [7, 11) is 0. The van der Waals surface area contributed by atoms with Crippen LogP contribution in [0.15, 0.2) is 0 Å². The third-order valence-electron chi connectivity index (χ3n) is 3.95. The van der Waals surface area contributed by atoms with E-state index in [1.165, 1.54) is 0 Å². The van der Waals surface area contributed by atoms with Crippen molar-refractivity contribution in [2.45, 2.75) is 41.0 Å². The van der Waals surface area contributed by atoms with E-state index >= 15 is 0 Å². The Kier molecular flexibility index (Phi) is 2.33. The van der Waals surface area contributed by atoms with E-state index < -0.39 is 0 Å². The highest BCUT2D eigenvalue weighted by Crippen LogP contribution is 2.44. The fourth-order valence-corrected chi connectivity index (χ4v) is 2.21. The lowest BCUT2D eigenvalue weighted by atomic mass is 9.61. The van der Waals surface area contributed by atoms with Crippen LogP contribution in [0, 0.1) is 23.2 Å². The molecule has 1 fully saturated rings. The van der Waals surface area contributed by atoms with Crippen LogP contribution in [-0.2, 0) is 4.79 Å². The molecule has 0 N–H and O–H groups in total. The SMILES string of the molecule is CC1C(=O)CC(C)(C)C(C)C1C. The van der Waals surface area contributed by atoms with Gasteiger partial charge in [-0.25, -0.2) is 0 Å². The van der Waals surface area contributed by atoms with Crippen LogP contribution in [0.3, 0.4) is 0 Å². The summed E-state index contributed by atoms with van der Waals surface area (Å²) >= 11 is 0. The van der Waals surface area contributed by atoms with Gasteiger partial charge in [-0.05, 0) is 17.3 Å². The molecule has 0 amide bonds. The molecule has 0 aliphatic heterocycles. The molecular weight excluding hydrogens is 148 g/mol. The Balaban J connectivity index is 2.85. The molecule has 0 bridgehead atoms. The minimum absolute atomic E-state index is 0.211. The third kappa shape index (κ3) is 1.41. The highest BCUT2D eigenvalue weighted by Gasteiger charge is 2.41. The van der Waals surface area contributed by atoms with Crippen LogP contribution in [0.2, 0.25) is 0 Å². The van der Waals surface area contributed by atoms with Crippen molar-refractivity contribution in [1.82, 2.24) is 0 Å². The molecule has 3 unspecified atom stereocenters. The number of carbonyl (C=O) groups is 1. The molecule has 70 valence electrons. The van der Waals surface area contributed by atoms with Gasteiger partial charge in [0.1, 0.15) is 5.78 Å². The molecule has 1 nitrogen and oxygen atoms in total. The highest BCUT2D eigenvalue weighted by atomic mass is 16.1. The lowest BCUT2D eigenvalue weighted by Gasteiger charge is -2.43. The van der Waals surface area contributed by atoms with E-state index in [1.807, 2.05) is 0 Å². The summed E-state index contributed by atoms with van der Waals surface area (Å²) in [5, 5.41) is 0. The average molecular weight is 168 g/mol. The Hall–Kier alpha value is -0.330. The average Bonchev–Trinajstić information content (AvgIpc) is 1.97. The van der Waals surface area contributed by atoms with Crippen LogP contribution < -0.4 is 0 Å². The van der Waals surface area contributed by atoms with Gasteiger partial charge < -0.3 is 0 Å². The van der Waals surface area contributed by atoms with Crippen molar-refractivity contribution < 1.29 is 4.79 Å². The van der Waals surface area contributed by atoms with Crippen molar-refractivity contribution in [3.8, 4) is 0 Å². The lowest BCUT2D eigenvalue weighted by Crippen LogP contribution is -2.41. The van der Waals surface area contributed by atoms with Crippen LogP contribution in [0.5, 0.6) is 0 Å². The standard InChI is InChI=1S/C11H20O/c1-7-8(2)10(12)6-11(4,5)9(7)3/h7-9H,6H2,1-5H3. The topological polar surface area (TPSA) is 17.1 Å². The van der Waals surface area contributed by atoms with Gasteiger partial charge in [-0.2, -0.15) is 0 Å². The summed E-state index contributed by atoms with van der Waals surface area (Å²) in [5.41, 5.74) is 0.211. The van der Waals surface area contributed by atoms with E-state index in [0.717, 1.165) is 6.42 Å². The number of carbonyl (C=O) groups excluding carboxylic acids is 1. The normalized spacial score (nSPS) is 41.4. The molecule has 1 heteroatoms. The van der Waals surface area contributed by atoms with E-state index in [2.05, 4.69) is 34.6 Å². The second kappa shape index (κ2) is 2.86. The zero-order chi connectivity index (χ0) is 9.52. The number of rotatable bonds is 0. The second-order valence-corrected chi connectivity index (χ2v) is 5.07. The fourth-order valence-electron chi connectivity index (χ4n) is 2.21. The van der Waals surface area contributed by atoms with Gasteiger partial charge >= 0.3 is 0 Å². The van der Waals surface area contributed by atoms with E-state index in [-0.39, 0.29) is 11.3 Å². The Morgan fingerprint density at radius 1 is 1.25 bits per heavy atom. The predicted molar refractivity (Wildman–Crippen MR) is 50.9 cm³/mol. The smallest absolute Gasteiger partial charge is 0.136 e. The van der Waals surface area contributed by atoms with Crippen molar-refractivity contribution >= 4 is 5.78 Å². The van der Waals surface area contributed by atoms with Crippen LogP contribution in [0.4, 0.5) is 0 Å². The highest BCUT2D eigenvalue weighted by molar-refractivity contribution is 5.82. The molecule has 0 spiro atoms. The minimum Gasteiger partial charge on any atom is -0.299 e. The molecule has 0 aromatic heterocycles. The van der Waals surface area contributed by atoms with Crippen molar-refractivity contribution in [1.29, 1.82) is 0 Å². The predicted octanol–water partition coefficient (Wildman–Crippen LogP) is 2.89. The second-order valence-electron chi connectivity index (χ2n) is 5.07. The molecule has 0 aromatic carbocycles. The Bertz CT molecular complexity index is 193. The van der Waals surface area contributed by atoms with E-state index in [0.29, 0.717) is 17.6 Å². The van der Waals surface area contributed by atoms with Gasteiger partial charge in [-0.3, -0.25) is 4.79 Å². The molecule has 1 saturated carbocycles. The summed E-state index contributed by atoms with van der Waals surface area (Å²) in [4.78, 5) is 11.6. The molecule has 1 aliphatic carbocycles. The quantitative estimate of drug-likeness (QED) is 0.543. The first-order chi connectivity index (χ1) is 5.36. The van der Waals surface area contributed by atoms with Gasteiger partial charge in [-0.1, -0.05) is 34.6 Å². The van der Waals surface area contributed by atoms with Crippen molar-refractivity contribution in [2.24, 2.45) is 23.2 Å². The zero-order valence-corrected chi connectivity index (χ0v) is 8.85. The van der Waals surface area contributed by atoms with Gasteiger partial charge in [0.2, 0.25) is 0 Å². The van der Waals surface area contributed by atoms with Gasteiger partial charge in [0.15, 0.2) is 0 Å². The molecule has 0 aromatic rings. The van der Waals surface area contributed by atoms with Gasteiger partial charge in [-0.15, -0.1) is 0 Å². The van der Waals surface area contributed by atoms with Crippen LogP contribution >= 0.6 is 0 Å². The van der Waals surface area contributed by atoms with E-state index in [1.54, 1.807) is 0 Å². The minimum atomic E-state index is 0.211. The molecule has 3 atom stereocenters. The van der Waals surface area contributed by atoms with Crippen molar-refractivity contribution in [3.05, 3.63) is 0 Å². The summed E-state index contributed by atoms with van der Waals surface area (Å²) < 4.78 is 0. The summed E-state index contributed by atoms with van der Waals surface area (Å²) in [6, 6.07) is 0. The molecule has 1 rings (SSSR count). The molecule has 1 aliphatic rings. The Morgan fingerprint density at radius 3 is 2.25 bits per heavy atom. The summed E-state index contributed by atoms with van der Waals surface area (Å²) in [6.45, 7) is 11.0. The maximum Gasteiger partial charge on any atom is 0.136 e. The largest absolute Gasteiger partial charge is 0.299 e. The first kappa shape index (κ1) is 9.76. The van der Waals surface area contributed by atoms with Crippen LogP contribution in [0.1, 0.15) is 41.0 Å². The van der Waals surface area contributed by atoms with Crippen molar-refractivity contribution in [2.75, 3.05) is 0 Å². The van der Waals surface area contributed by atoms with Crippen LogP contribution in [0.25, 0.3) is 0 Å². The molecule has 0 saturated heterocycles. The number of ketones is 1. The molecule has 12 heavy (non-hydrogen) atoms. The Labute approximate surface area is 75.5 Å². The van der Waals surface area contributed by atoms with Gasteiger partial charge in [0.25, 0.3) is 0 Å². The maximum absolute atomic E-state index is 11.6. The van der Waals surface area contributed by atoms with Crippen molar-refractivity contribution in [3.63, 3.8) is 0 Å². The van der Waals surface area contributed by atoms with E-state index in [4.69, 9.17) is 0 Å². The van der Waals surface area contributed by atoms with Crippen LogP contribution in [-0.4, -0.2) is 5.78 Å². The lowest BCUT2D eigenvalue weighted by molar-refractivity contribution is -0.132. The summed E-state index contributed by atoms with van der Waals surface area (Å²) in [5.74, 6) is 1.92. The number of hydrogen-bond donors (Lipinski definition) is 0.